The average molecular weight is 256 g/mol. The minimum atomic E-state index is -0.202. The zero-order valence-electron chi connectivity index (χ0n) is 11.6. The van der Waals surface area contributed by atoms with Crippen molar-refractivity contribution >= 4 is 16.7 Å². The zero-order chi connectivity index (χ0) is 13.8. The average Bonchev–Trinajstić information content (AvgIpc) is 2.45. The van der Waals surface area contributed by atoms with E-state index in [-0.39, 0.29) is 18.0 Å². The van der Waals surface area contributed by atoms with Gasteiger partial charge in [-0.3, -0.25) is 10.1 Å². The van der Waals surface area contributed by atoms with Crippen molar-refractivity contribution in [2.45, 2.75) is 25.9 Å². The molecule has 0 aliphatic heterocycles. The number of rotatable bonds is 4. The van der Waals surface area contributed by atoms with Crippen LogP contribution in [0.2, 0.25) is 0 Å². The summed E-state index contributed by atoms with van der Waals surface area (Å²) in [5, 5.41) is 8.41. The van der Waals surface area contributed by atoms with Crippen molar-refractivity contribution in [3.8, 4) is 0 Å². The summed E-state index contributed by atoms with van der Waals surface area (Å²) in [5.74, 6) is 0.00707. The first-order valence-electron chi connectivity index (χ1n) is 6.58. The largest absolute Gasteiger partial charge is 0.358 e. The maximum atomic E-state index is 11.5. The van der Waals surface area contributed by atoms with Gasteiger partial charge in [-0.05, 0) is 36.2 Å². The highest BCUT2D eigenvalue weighted by atomic mass is 16.2. The number of fused-ring (bicyclic) bond motifs is 1. The van der Waals surface area contributed by atoms with Crippen LogP contribution in [0.4, 0.5) is 0 Å². The van der Waals surface area contributed by atoms with E-state index in [4.69, 9.17) is 0 Å². The van der Waals surface area contributed by atoms with Gasteiger partial charge < -0.3 is 5.32 Å². The van der Waals surface area contributed by atoms with Crippen LogP contribution in [0.25, 0.3) is 10.8 Å². The van der Waals surface area contributed by atoms with E-state index < -0.39 is 0 Å². The molecule has 0 aromatic heterocycles. The minimum absolute atomic E-state index is 0.00707. The lowest BCUT2D eigenvalue weighted by Crippen LogP contribution is -2.41. The molecule has 0 spiro atoms. The van der Waals surface area contributed by atoms with Crippen LogP contribution in [-0.2, 0) is 4.79 Å². The van der Waals surface area contributed by atoms with Gasteiger partial charge in [-0.25, -0.2) is 0 Å². The van der Waals surface area contributed by atoms with Crippen molar-refractivity contribution in [2.75, 3.05) is 7.05 Å². The molecular formula is C16H20N2O. The minimum Gasteiger partial charge on any atom is -0.358 e. The van der Waals surface area contributed by atoms with Crippen molar-refractivity contribution in [1.29, 1.82) is 0 Å². The van der Waals surface area contributed by atoms with E-state index in [9.17, 15) is 4.79 Å². The number of carbonyl (C=O) groups is 1. The Labute approximate surface area is 114 Å². The van der Waals surface area contributed by atoms with E-state index in [1.165, 1.54) is 16.3 Å². The first-order chi connectivity index (χ1) is 9.11. The lowest BCUT2D eigenvalue weighted by Gasteiger charge is -2.19. The van der Waals surface area contributed by atoms with Crippen molar-refractivity contribution < 1.29 is 4.79 Å². The van der Waals surface area contributed by atoms with Crippen LogP contribution in [0.3, 0.4) is 0 Å². The Hall–Kier alpha value is -1.87. The smallest absolute Gasteiger partial charge is 0.236 e. The molecule has 2 N–H and O–H groups in total. The summed E-state index contributed by atoms with van der Waals surface area (Å²) >= 11 is 0. The van der Waals surface area contributed by atoms with E-state index in [1.807, 2.05) is 19.1 Å². The second-order valence-corrected chi connectivity index (χ2v) is 4.83. The van der Waals surface area contributed by atoms with Crippen LogP contribution >= 0.6 is 0 Å². The summed E-state index contributed by atoms with van der Waals surface area (Å²) in [6.07, 6.45) is 0. The fraction of sp³-hybridized carbons (Fsp3) is 0.312. The molecule has 19 heavy (non-hydrogen) atoms. The molecule has 0 saturated carbocycles. The van der Waals surface area contributed by atoms with Crippen LogP contribution < -0.4 is 10.6 Å². The Balaban J connectivity index is 2.17. The van der Waals surface area contributed by atoms with Gasteiger partial charge in [0.15, 0.2) is 0 Å². The molecule has 1 amide bonds. The third-order valence-electron chi connectivity index (χ3n) is 3.41. The van der Waals surface area contributed by atoms with Gasteiger partial charge in [0.05, 0.1) is 6.04 Å². The summed E-state index contributed by atoms with van der Waals surface area (Å²) in [5.41, 5.74) is 1.19. The highest BCUT2D eigenvalue weighted by Gasteiger charge is 2.14. The monoisotopic (exact) mass is 256 g/mol. The predicted octanol–water partition coefficient (Wildman–Crippen LogP) is 2.62. The van der Waals surface area contributed by atoms with Gasteiger partial charge in [0.1, 0.15) is 0 Å². The summed E-state index contributed by atoms with van der Waals surface area (Å²) in [4.78, 5) is 11.5. The Morgan fingerprint density at radius 3 is 2.42 bits per heavy atom. The molecule has 0 aliphatic rings. The first-order valence-corrected chi connectivity index (χ1v) is 6.58. The van der Waals surface area contributed by atoms with Crippen LogP contribution in [0.1, 0.15) is 25.5 Å². The lowest BCUT2D eigenvalue weighted by molar-refractivity contribution is -0.122. The van der Waals surface area contributed by atoms with Crippen LogP contribution in [-0.4, -0.2) is 19.0 Å². The molecule has 0 radical (unpaired) electrons. The van der Waals surface area contributed by atoms with Gasteiger partial charge in [-0.1, -0.05) is 36.4 Å². The maximum absolute atomic E-state index is 11.5. The molecule has 0 heterocycles. The predicted molar refractivity (Wildman–Crippen MR) is 79.0 cm³/mol. The second-order valence-electron chi connectivity index (χ2n) is 4.83. The fourth-order valence-corrected chi connectivity index (χ4v) is 2.24. The van der Waals surface area contributed by atoms with Gasteiger partial charge in [0, 0.05) is 13.1 Å². The standard InChI is InChI=1S/C16H20N2O/c1-11(18-12(2)16(19)17-3)14-9-8-13-6-4-5-7-15(13)10-14/h4-12,18H,1-3H3,(H,17,19). The normalized spacial score (nSPS) is 14.1. The molecule has 2 aromatic carbocycles. The van der Waals surface area contributed by atoms with Crippen molar-refractivity contribution in [2.24, 2.45) is 0 Å². The second kappa shape index (κ2) is 5.85. The van der Waals surface area contributed by atoms with Crippen molar-refractivity contribution in [1.82, 2.24) is 10.6 Å². The van der Waals surface area contributed by atoms with E-state index in [2.05, 4.69) is 47.9 Å². The maximum Gasteiger partial charge on any atom is 0.236 e. The summed E-state index contributed by atoms with van der Waals surface area (Å²) < 4.78 is 0. The number of nitrogens with one attached hydrogen (secondary N) is 2. The molecule has 2 atom stereocenters. The number of hydrogen-bond donors (Lipinski definition) is 2. The number of benzene rings is 2. The van der Waals surface area contributed by atoms with Crippen molar-refractivity contribution in [3.63, 3.8) is 0 Å². The number of carbonyl (C=O) groups excluding carboxylic acids is 1. The fourth-order valence-electron chi connectivity index (χ4n) is 2.24. The van der Waals surface area contributed by atoms with Gasteiger partial charge in [-0.15, -0.1) is 0 Å². The third-order valence-corrected chi connectivity index (χ3v) is 3.41. The Morgan fingerprint density at radius 1 is 1.05 bits per heavy atom. The topological polar surface area (TPSA) is 41.1 Å². The molecule has 3 nitrogen and oxygen atoms in total. The summed E-state index contributed by atoms with van der Waals surface area (Å²) in [6, 6.07) is 14.6. The lowest BCUT2D eigenvalue weighted by atomic mass is 10.0. The molecule has 2 unspecified atom stereocenters. The molecule has 0 saturated heterocycles. The van der Waals surface area contributed by atoms with E-state index >= 15 is 0 Å². The third kappa shape index (κ3) is 3.12. The Morgan fingerprint density at radius 2 is 1.74 bits per heavy atom. The summed E-state index contributed by atoms with van der Waals surface area (Å²) in [6.45, 7) is 3.94. The molecular weight excluding hydrogens is 236 g/mol. The molecule has 100 valence electrons. The Bertz CT molecular complexity index is 580. The molecule has 3 heteroatoms. The number of amides is 1. The van der Waals surface area contributed by atoms with Gasteiger partial charge in [0.2, 0.25) is 5.91 Å². The van der Waals surface area contributed by atoms with Gasteiger partial charge >= 0.3 is 0 Å². The molecule has 0 bridgehead atoms. The SMILES string of the molecule is CNC(=O)C(C)NC(C)c1ccc2ccccc2c1. The van der Waals surface area contributed by atoms with Gasteiger partial charge in [0.25, 0.3) is 0 Å². The molecule has 2 rings (SSSR count). The molecule has 0 fully saturated rings. The quantitative estimate of drug-likeness (QED) is 0.883. The van der Waals surface area contributed by atoms with Crippen molar-refractivity contribution in [3.05, 3.63) is 48.0 Å². The first kappa shape index (κ1) is 13.6. The van der Waals surface area contributed by atoms with Crippen LogP contribution in [0.15, 0.2) is 42.5 Å². The van der Waals surface area contributed by atoms with Gasteiger partial charge in [-0.2, -0.15) is 0 Å². The Kier molecular flexibility index (Phi) is 4.17. The number of hydrogen-bond acceptors (Lipinski definition) is 2. The molecule has 2 aromatic rings. The zero-order valence-corrected chi connectivity index (χ0v) is 11.6. The van der Waals surface area contributed by atoms with E-state index in [0.717, 1.165) is 0 Å². The number of likely N-dealkylation sites (N-methyl/N-ethyl adjacent to an activating group) is 1. The van der Waals surface area contributed by atoms with Crippen LogP contribution in [0.5, 0.6) is 0 Å². The highest BCUT2D eigenvalue weighted by molar-refractivity contribution is 5.83. The summed E-state index contributed by atoms with van der Waals surface area (Å²) in [7, 11) is 1.65. The van der Waals surface area contributed by atoms with E-state index in [0.29, 0.717) is 0 Å². The van der Waals surface area contributed by atoms with Crippen LogP contribution in [0, 0.1) is 0 Å². The molecule has 0 aliphatic carbocycles. The van der Waals surface area contributed by atoms with E-state index in [1.54, 1.807) is 7.05 Å². The highest BCUT2D eigenvalue weighted by Crippen LogP contribution is 2.20.